The van der Waals surface area contributed by atoms with Crippen LogP contribution >= 0.6 is 11.3 Å². The minimum atomic E-state index is -0.956. The van der Waals surface area contributed by atoms with E-state index < -0.39 is 5.97 Å². The zero-order chi connectivity index (χ0) is 15.1. The Morgan fingerprint density at radius 2 is 1.95 bits per heavy atom. The number of amides is 1. The van der Waals surface area contributed by atoms with E-state index in [0.717, 1.165) is 11.3 Å². The van der Waals surface area contributed by atoms with Gasteiger partial charge in [0, 0.05) is 5.92 Å². The van der Waals surface area contributed by atoms with Crippen LogP contribution in [0.25, 0.3) is 0 Å². The number of carbonyl (C=O) groups excluding carboxylic acids is 1. The molecule has 3 atom stereocenters. The van der Waals surface area contributed by atoms with Gasteiger partial charge in [0.1, 0.15) is 9.88 Å². The number of nitrogens with zero attached hydrogens (tertiary/aromatic N) is 1. The second-order valence-electron chi connectivity index (χ2n) is 6.14. The van der Waals surface area contributed by atoms with Crippen molar-refractivity contribution in [2.24, 2.45) is 17.8 Å². The smallest absolute Gasteiger partial charge is 0.347 e. The molecule has 114 valence electrons. The van der Waals surface area contributed by atoms with Crippen LogP contribution in [0.4, 0.5) is 0 Å². The topological polar surface area (TPSA) is 79.3 Å². The molecule has 0 saturated heterocycles. The Bertz CT molecular complexity index is 571. The lowest BCUT2D eigenvalue weighted by Crippen LogP contribution is -2.28. The van der Waals surface area contributed by atoms with Crippen molar-refractivity contribution in [3.05, 3.63) is 15.6 Å². The Morgan fingerprint density at radius 3 is 2.48 bits per heavy atom. The molecule has 3 unspecified atom stereocenters. The first kappa shape index (κ1) is 14.5. The number of aryl methyl sites for hydroxylation is 1. The van der Waals surface area contributed by atoms with E-state index >= 15 is 0 Å². The van der Waals surface area contributed by atoms with Gasteiger partial charge >= 0.3 is 5.97 Å². The zero-order valence-corrected chi connectivity index (χ0v) is 13.1. The first-order chi connectivity index (χ1) is 9.99. The Hall–Kier alpha value is -1.43. The van der Waals surface area contributed by atoms with Crippen molar-refractivity contribution in [2.75, 3.05) is 0 Å². The Morgan fingerprint density at radius 1 is 1.33 bits per heavy atom. The molecular weight excluding hydrogens is 288 g/mol. The second-order valence-corrected chi connectivity index (χ2v) is 7.17. The third-order valence-corrected chi connectivity index (χ3v) is 6.02. The van der Waals surface area contributed by atoms with Crippen LogP contribution in [-0.4, -0.2) is 22.0 Å². The molecule has 1 amide bonds. The van der Waals surface area contributed by atoms with Crippen molar-refractivity contribution in [1.29, 1.82) is 0 Å². The SMILES string of the molecule is Cc1nc(C(C)NC(=O)C2C3CCCCC32)sc1C(=O)O. The minimum Gasteiger partial charge on any atom is -0.477 e. The van der Waals surface area contributed by atoms with E-state index in [1.54, 1.807) is 6.92 Å². The average molecular weight is 308 g/mol. The number of hydrogen-bond acceptors (Lipinski definition) is 4. The van der Waals surface area contributed by atoms with Gasteiger partial charge < -0.3 is 10.4 Å². The predicted molar refractivity (Wildman–Crippen MR) is 79.3 cm³/mol. The Kier molecular flexibility index (Phi) is 3.73. The highest BCUT2D eigenvalue weighted by molar-refractivity contribution is 7.13. The highest BCUT2D eigenvalue weighted by Crippen LogP contribution is 2.55. The first-order valence-corrected chi connectivity index (χ1v) is 8.31. The number of hydrogen-bond donors (Lipinski definition) is 2. The fraction of sp³-hybridized carbons (Fsp3) is 0.667. The summed E-state index contributed by atoms with van der Waals surface area (Å²) in [4.78, 5) is 27.9. The molecule has 2 N–H and O–H groups in total. The minimum absolute atomic E-state index is 0.115. The lowest BCUT2D eigenvalue weighted by atomic mass is 10.0. The van der Waals surface area contributed by atoms with E-state index in [4.69, 9.17) is 5.11 Å². The van der Waals surface area contributed by atoms with Gasteiger partial charge in [-0.3, -0.25) is 4.79 Å². The summed E-state index contributed by atoms with van der Waals surface area (Å²) in [6.07, 6.45) is 4.84. The van der Waals surface area contributed by atoms with E-state index in [9.17, 15) is 9.59 Å². The number of thiazole rings is 1. The first-order valence-electron chi connectivity index (χ1n) is 7.50. The van der Waals surface area contributed by atoms with Crippen LogP contribution in [0.2, 0.25) is 0 Å². The molecule has 21 heavy (non-hydrogen) atoms. The summed E-state index contributed by atoms with van der Waals surface area (Å²) in [6.45, 7) is 3.56. The summed E-state index contributed by atoms with van der Waals surface area (Å²) in [7, 11) is 0. The van der Waals surface area contributed by atoms with Crippen LogP contribution in [0.15, 0.2) is 0 Å². The van der Waals surface area contributed by atoms with Gasteiger partial charge in [-0.15, -0.1) is 11.3 Å². The van der Waals surface area contributed by atoms with Crippen molar-refractivity contribution in [3.63, 3.8) is 0 Å². The largest absolute Gasteiger partial charge is 0.477 e. The quantitative estimate of drug-likeness (QED) is 0.896. The van der Waals surface area contributed by atoms with Crippen molar-refractivity contribution >= 4 is 23.2 Å². The number of aromatic carboxylic acids is 1. The number of carboxylic acids is 1. The van der Waals surface area contributed by atoms with Crippen molar-refractivity contribution < 1.29 is 14.7 Å². The summed E-state index contributed by atoms with van der Waals surface area (Å²) in [5, 5.41) is 12.7. The molecule has 0 spiro atoms. The van der Waals surface area contributed by atoms with Gasteiger partial charge in [0.15, 0.2) is 0 Å². The van der Waals surface area contributed by atoms with Gasteiger partial charge in [0.2, 0.25) is 5.91 Å². The fourth-order valence-electron chi connectivity index (χ4n) is 3.55. The summed E-state index contributed by atoms with van der Waals surface area (Å²) in [6, 6.07) is -0.225. The number of nitrogens with one attached hydrogen (secondary N) is 1. The third kappa shape index (κ3) is 2.69. The summed E-state index contributed by atoms with van der Waals surface area (Å²) in [5.74, 6) is 0.499. The second kappa shape index (κ2) is 5.40. The summed E-state index contributed by atoms with van der Waals surface area (Å²) in [5.41, 5.74) is 0.517. The van der Waals surface area contributed by atoms with Crippen LogP contribution in [0, 0.1) is 24.7 Å². The maximum Gasteiger partial charge on any atom is 0.347 e. The average Bonchev–Trinajstić information content (AvgIpc) is 3.04. The molecule has 0 aromatic carbocycles. The van der Waals surface area contributed by atoms with Crippen LogP contribution in [0.5, 0.6) is 0 Å². The molecule has 2 fully saturated rings. The fourth-order valence-corrected chi connectivity index (χ4v) is 4.46. The lowest BCUT2D eigenvalue weighted by Gasteiger charge is -2.11. The monoisotopic (exact) mass is 308 g/mol. The highest BCUT2D eigenvalue weighted by Gasteiger charge is 2.54. The Balaban J connectivity index is 1.63. The number of rotatable bonds is 4. The van der Waals surface area contributed by atoms with Crippen molar-refractivity contribution in [3.8, 4) is 0 Å². The van der Waals surface area contributed by atoms with Gasteiger partial charge in [0.25, 0.3) is 0 Å². The van der Waals surface area contributed by atoms with Crippen molar-refractivity contribution in [2.45, 2.75) is 45.6 Å². The molecule has 2 aliphatic carbocycles. The number of carbonyl (C=O) groups is 2. The van der Waals surface area contributed by atoms with E-state index in [2.05, 4.69) is 10.3 Å². The molecular formula is C15H20N2O3S. The summed E-state index contributed by atoms with van der Waals surface area (Å²) < 4.78 is 0. The predicted octanol–water partition coefficient (Wildman–Crippen LogP) is 2.76. The van der Waals surface area contributed by atoms with Crippen LogP contribution in [0.1, 0.15) is 59.0 Å². The zero-order valence-electron chi connectivity index (χ0n) is 12.3. The molecule has 1 aromatic heterocycles. The summed E-state index contributed by atoms with van der Waals surface area (Å²) >= 11 is 1.15. The van der Waals surface area contributed by atoms with Gasteiger partial charge in [-0.05, 0) is 38.5 Å². The molecule has 6 heteroatoms. The number of carboxylic acid groups (broad SMARTS) is 1. The van der Waals surface area contributed by atoms with E-state index in [1.807, 2.05) is 6.92 Å². The normalized spacial score (nSPS) is 28.6. The number of aromatic nitrogens is 1. The molecule has 0 aliphatic heterocycles. The molecule has 5 nitrogen and oxygen atoms in total. The van der Waals surface area contributed by atoms with Gasteiger partial charge in [-0.25, -0.2) is 9.78 Å². The van der Waals surface area contributed by atoms with E-state index in [1.165, 1.54) is 25.7 Å². The van der Waals surface area contributed by atoms with Crippen LogP contribution < -0.4 is 5.32 Å². The molecule has 0 radical (unpaired) electrons. The maximum atomic E-state index is 12.3. The molecule has 1 heterocycles. The molecule has 1 aromatic rings. The van der Waals surface area contributed by atoms with Gasteiger partial charge in [-0.2, -0.15) is 0 Å². The van der Waals surface area contributed by atoms with Crippen molar-refractivity contribution in [1.82, 2.24) is 10.3 Å². The van der Waals surface area contributed by atoms with Gasteiger partial charge in [-0.1, -0.05) is 12.8 Å². The highest BCUT2D eigenvalue weighted by atomic mass is 32.1. The molecule has 0 bridgehead atoms. The molecule has 3 rings (SSSR count). The third-order valence-electron chi connectivity index (χ3n) is 4.70. The van der Waals surface area contributed by atoms with E-state index in [-0.39, 0.29) is 22.7 Å². The number of fused-ring (bicyclic) bond motifs is 1. The van der Waals surface area contributed by atoms with Crippen LogP contribution in [-0.2, 0) is 4.79 Å². The lowest BCUT2D eigenvalue weighted by molar-refractivity contribution is -0.123. The van der Waals surface area contributed by atoms with Gasteiger partial charge in [0.05, 0.1) is 11.7 Å². The van der Waals surface area contributed by atoms with Crippen LogP contribution in [0.3, 0.4) is 0 Å². The maximum absolute atomic E-state index is 12.3. The Labute approximate surface area is 127 Å². The molecule has 2 saturated carbocycles. The molecule has 2 aliphatic rings. The standard InChI is InChI=1S/C15H20N2O3S/c1-7-12(15(19)20)21-14(17-7)8(2)16-13(18)11-9-5-3-4-6-10(9)11/h8-11H,3-6H2,1-2H3,(H,16,18)(H,19,20). The van der Waals surface area contributed by atoms with E-state index in [0.29, 0.717) is 22.5 Å².